The largest absolute Gasteiger partial charge is 0.355 e. The number of aryl methyl sites for hydroxylation is 1. The third-order valence-corrected chi connectivity index (χ3v) is 4.72. The van der Waals surface area contributed by atoms with Gasteiger partial charge in [-0.25, -0.2) is 0 Å². The van der Waals surface area contributed by atoms with Crippen LogP contribution in [0.15, 0.2) is 17.3 Å². The van der Waals surface area contributed by atoms with Gasteiger partial charge in [-0.15, -0.1) is 24.0 Å². The fourth-order valence-electron chi connectivity index (χ4n) is 3.51. The third-order valence-electron chi connectivity index (χ3n) is 4.72. The Morgan fingerprint density at radius 1 is 1.57 bits per heavy atom. The second-order valence-electron chi connectivity index (χ2n) is 6.33. The number of hydrogen-bond donors (Lipinski definition) is 2. The molecular formula is C15H25IN6O. The molecule has 128 valence electrons. The molecule has 1 aromatic heterocycles. The number of carbonyl (C=O) groups excluding carboxylic acids is 1. The highest BCUT2D eigenvalue weighted by Crippen LogP contribution is 2.35. The molecule has 1 atom stereocenters. The van der Waals surface area contributed by atoms with Crippen LogP contribution < -0.4 is 10.6 Å². The molecule has 2 N–H and O–H groups in total. The van der Waals surface area contributed by atoms with E-state index >= 15 is 0 Å². The minimum atomic E-state index is 0. The summed E-state index contributed by atoms with van der Waals surface area (Å²) in [6, 6.07) is 2.00. The molecule has 0 radical (unpaired) electrons. The lowest BCUT2D eigenvalue weighted by atomic mass is 9.79. The summed E-state index contributed by atoms with van der Waals surface area (Å²) >= 11 is 0. The zero-order chi connectivity index (χ0) is 15.6. The van der Waals surface area contributed by atoms with E-state index in [1.54, 1.807) is 6.20 Å². The summed E-state index contributed by atoms with van der Waals surface area (Å²) in [5.41, 5.74) is 1.20. The van der Waals surface area contributed by atoms with Crippen molar-refractivity contribution in [3.63, 3.8) is 0 Å². The van der Waals surface area contributed by atoms with E-state index in [0.717, 1.165) is 44.1 Å². The van der Waals surface area contributed by atoms with E-state index in [2.05, 4.69) is 25.6 Å². The molecule has 2 saturated heterocycles. The lowest BCUT2D eigenvalue weighted by Gasteiger charge is -2.40. The van der Waals surface area contributed by atoms with Gasteiger partial charge in [0.1, 0.15) is 0 Å². The van der Waals surface area contributed by atoms with Crippen molar-refractivity contribution in [1.82, 2.24) is 25.3 Å². The molecule has 0 saturated carbocycles. The summed E-state index contributed by atoms with van der Waals surface area (Å²) in [4.78, 5) is 18.3. The number of aromatic nitrogens is 2. The molecule has 3 rings (SSSR count). The number of aliphatic imine (C=N–C) groups is 1. The van der Waals surface area contributed by atoms with Crippen LogP contribution in [0.1, 0.15) is 25.0 Å². The Bertz CT molecular complexity index is 586. The van der Waals surface area contributed by atoms with Crippen molar-refractivity contribution in [3.8, 4) is 0 Å². The summed E-state index contributed by atoms with van der Waals surface area (Å²) < 4.78 is 1.86. The Morgan fingerprint density at radius 2 is 2.39 bits per heavy atom. The number of rotatable bonds is 2. The zero-order valence-corrected chi connectivity index (χ0v) is 16.0. The van der Waals surface area contributed by atoms with Crippen LogP contribution in [-0.4, -0.2) is 53.2 Å². The summed E-state index contributed by atoms with van der Waals surface area (Å²) in [7, 11) is 3.75. The van der Waals surface area contributed by atoms with E-state index in [1.165, 1.54) is 0 Å². The smallest absolute Gasteiger partial charge is 0.220 e. The van der Waals surface area contributed by atoms with Gasteiger partial charge < -0.3 is 15.5 Å². The molecule has 2 fully saturated rings. The molecule has 0 bridgehead atoms. The Balaban J connectivity index is 0.00000192. The average Bonchev–Trinajstić information content (AvgIpc) is 3.07. The van der Waals surface area contributed by atoms with Gasteiger partial charge in [0.05, 0.1) is 12.2 Å². The van der Waals surface area contributed by atoms with Gasteiger partial charge in [0, 0.05) is 51.8 Å². The summed E-state index contributed by atoms with van der Waals surface area (Å²) in [6.45, 7) is 3.36. The fourth-order valence-corrected chi connectivity index (χ4v) is 3.51. The summed E-state index contributed by atoms with van der Waals surface area (Å²) in [5, 5.41) is 10.6. The molecule has 3 heterocycles. The van der Waals surface area contributed by atoms with Crippen LogP contribution >= 0.6 is 24.0 Å². The molecule has 8 heteroatoms. The van der Waals surface area contributed by atoms with Gasteiger partial charge >= 0.3 is 0 Å². The third kappa shape index (κ3) is 3.96. The quantitative estimate of drug-likeness (QED) is 0.411. The van der Waals surface area contributed by atoms with Crippen LogP contribution in [0.2, 0.25) is 0 Å². The number of nitrogens with zero attached hydrogens (tertiary/aromatic N) is 4. The first-order chi connectivity index (χ1) is 10.6. The van der Waals surface area contributed by atoms with Gasteiger partial charge in [-0.05, 0) is 18.9 Å². The number of halogens is 1. The highest BCUT2D eigenvalue weighted by molar-refractivity contribution is 14.0. The van der Waals surface area contributed by atoms with Crippen molar-refractivity contribution in [2.75, 3.05) is 26.7 Å². The minimum Gasteiger partial charge on any atom is -0.355 e. The number of piperidine rings is 1. The number of amides is 1. The van der Waals surface area contributed by atoms with Gasteiger partial charge in [-0.2, -0.15) is 5.10 Å². The number of carbonyl (C=O) groups is 1. The standard InChI is InChI=1S/C15H24N6O.HI/c1-16-14(17-9-12-4-6-19-20(12)2)21-7-3-5-15(11-21)8-13(22)18-10-15;/h4,6H,3,5,7-11H2,1-2H3,(H,16,17)(H,18,22);1H. The molecule has 23 heavy (non-hydrogen) atoms. The molecule has 2 aliphatic heterocycles. The van der Waals surface area contributed by atoms with Crippen LogP contribution in [0.25, 0.3) is 0 Å². The van der Waals surface area contributed by atoms with E-state index < -0.39 is 0 Å². The molecule has 0 aliphatic carbocycles. The maximum Gasteiger partial charge on any atom is 0.220 e. The van der Waals surface area contributed by atoms with Crippen molar-refractivity contribution in [2.24, 2.45) is 17.5 Å². The van der Waals surface area contributed by atoms with E-state index in [1.807, 2.05) is 24.8 Å². The number of hydrogen-bond acceptors (Lipinski definition) is 3. The van der Waals surface area contributed by atoms with Crippen molar-refractivity contribution in [2.45, 2.75) is 25.8 Å². The number of guanidine groups is 1. The molecule has 2 aliphatic rings. The Kier molecular flexibility index (Phi) is 5.88. The van der Waals surface area contributed by atoms with Crippen LogP contribution in [-0.2, 0) is 18.4 Å². The second kappa shape index (κ2) is 7.50. The average molecular weight is 432 g/mol. The van der Waals surface area contributed by atoms with Gasteiger partial charge in [0.2, 0.25) is 5.91 Å². The highest BCUT2D eigenvalue weighted by Gasteiger charge is 2.42. The molecule has 7 nitrogen and oxygen atoms in total. The van der Waals surface area contributed by atoms with Gasteiger partial charge in [-0.1, -0.05) is 0 Å². The Hall–Kier alpha value is -1.32. The van der Waals surface area contributed by atoms with Crippen molar-refractivity contribution in [1.29, 1.82) is 0 Å². The first-order valence-electron chi connectivity index (χ1n) is 7.81. The normalized spacial score (nSPS) is 24.5. The molecule has 1 aromatic rings. The summed E-state index contributed by atoms with van der Waals surface area (Å²) in [6.07, 6.45) is 4.65. The maximum atomic E-state index is 11.6. The van der Waals surface area contributed by atoms with Crippen LogP contribution in [0.5, 0.6) is 0 Å². The number of nitrogens with one attached hydrogen (secondary N) is 2. The van der Waals surface area contributed by atoms with Crippen LogP contribution in [0.4, 0.5) is 0 Å². The predicted molar refractivity (Wildman–Crippen MR) is 99.7 cm³/mol. The van der Waals surface area contributed by atoms with Crippen molar-refractivity contribution < 1.29 is 4.79 Å². The van der Waals surface area contributed by atoms with E-state index in [9.17, 15) is 4.79 Å². The van der Waals surface area contributed by atoms with Crippen molar-refractivity contribution in [3.05, 3.63) is 18.0 Å². The molecule has 0 aromatic carbocycles. The minimum absolute atomic E-state index is 0. The Labute approximate surface area is 153 Å². The zero-order valence-electron chi connectivity index (χ0n) is 13.7. The fraction of sp³-hybridized carbons (Fsp3) is 0.667. The maximum absolute atomic E-state index is 11.6. The van der Waals surface area contributed by atoms with Gasteiger partial charge in [0.15, 0.2) is 5.96 Å². The van der Waals surface area contributed by atoms with Gasteiger partial charge in [-0.3, -0.25) is 14.5 Å². The molecular weight excluding hydrogens is 407 g/mol. The van der Waals surface area contributed by atoms with E-state index in [4.69, 9.17) is 0 Å². The van der Waals surface area contributed by atoms with Crippen molar-refractivity contribution >= 4 is 35.8 Å². The summed E-state index contributed by atoms with van der Waals surface area (Å²) in [5.74, 6) is 1.08. The SMILES string of the molecule is CN=C(NCc1ccnn1C)N1CCCC2(CNC(=O)C2)C1.I. The first-order valence-corrected chi connectivity index (χ1v) is 7.81. The Morgan fingerprint density at radius 3 is 3.00 bits per heavy atom. The van der Waals surface area contributed by atoms with E-state index in [-0.39, 0.29) is 35.3 Å². The lowest BCUT2D eigenvalue weighted by molar-refractivity contribution is -0.119. The monoisotopic (exact) mass is 432 g/mol. The molecule has 1 unspecified atom stereocenters. The predicted octanol–water partition coefficient (Wildman–Crippen LogP) is 0.716. The van der Waals surface area contributed by atoms with Crippen LogP contribution in [0.3, 0.4) is 0 Å². The topological polar surface area (TPSA) is 74.6 Å². The van der Waals surface area contributed by atoms with Gasteiger partial charge in [0.25, 0.3) is 0 Å². The number of likely N-dealkylation sites (tertiary alicyclic amines) is 1. The molecule has 1 amide bonds. The first kappa shape index (κ1) is 18.0. The van der Waals surface area contributed by atoms with Crippen LogP contribution in [0, 0.1) is 5.41 Å². The second-order valence-corrected chi connectivity index (χ2v) is 6.33. The molecule has 1 spiro atoms. The lowest BCUT2D eigenvalue weighted by Crippen LogP contribution is -2.51. The van der Waals surface area contributed by atoms with E-state index in [0.29, 0.717) is 13.0 Å². The highest BCUT2D eigenvalue weighted by atomic mass is 127.